The lowest BCUT2D eigenvalue weighted by Gasteiger charge is -2.08. The van der Waals surface area contributed by atoms with Crippen LogP contribution in [0.15, 0.2) is 40.9 Å². The van der Waals surface area contributed by atoms with Gasteiger partial charge in [-0.2, -0.15) is 0 Å². The molecule has 1 aromatic carbocycles. The number of carbonyl (C=O) groups is 1. The molecule has 0 aliphatic rings. The lowest BCUT2D eigenvalue weighted by atomic mass is 10.2. The molecule has 2 N–H and O–H groups in total. The van der Waals surface area contributed by atoms with Crippen molar-refractivity contribution in [1.29, 1.82) is 0 Å². The normalized spacial score (nSPS) is 10.7. The van der Waals surface area contributed by atoms with E-state index in [4.69, 9.17) is 32.4 Å². The fourth-order valence-corrected chi connectivity index (χ4v) is 2.74. The number of hydrogen-bond donors (Lipinski definition) is 2. The van der Waals surface area contributed by atoms with E-state index >= 15 is 0 Å². The summed E-state index contributed by atoms with van der Waals surface area (Å²) in [5.74, 6) is 1.01. The number of hydrogen-bond acceptors (Lipinski definition) is 5. The molecule has 1 amide bonds. The van der Waals surface area contributed by atoms with Gasteiger partial charge in [-0.05, 0) is 18.2 Å². The minimum atomic E-state index is -0.310. The zero-order chi connectivity index (χ0) is 17.8. The number of anilines is 1. The minimum absolute atomic E-state index is 0.224. The van der Waals surface area contributed by atoms with Crippen LogP contribution in [0.1, 0.15) is 10.6 Å². The average Bonchev–Trinajstić information content (AvgIpc) is 3.04. The van der Waals surface area contributed by atoms with Crippen molar-refractivity contribution in [3.05, 3.63) is 52.3 Å². The van der Waals surface area contributed by atoms with Crippen LogP contribution in [0, 0.1) is 0 Å². The number of benzene rings is 1. The van der Waals surface area contributed by atoms with Crippen molar-refractivity contribution >= 4 is 45.9 Å². The van der Waals surface area contributed by atoms with Gasteiger partial charge in [-0.1, -0.05) is 35.3 Å². The molecule has 0 aliphatic carbocycles. The van der Waals surface area contributed by atoms with Gasteiger partial charge in [0.15, 0.2) is 17.1 Å². The van der Waals surface area contributed by atoms with E-state index in [1.165, 1.54) is 6.20 Å². The largest absolute Gasteiger partial charge is 0.493 e. The number of halogens is 2. The first-order valence-electron chi connectivity index (χ1n) is 7.48. The third-order valence-electron chi connectivity index (χ3n) is 3.46. The first kappa shape index (κ1) is 17.4. The summed E-state index contributed by atoms with van der Waals surface area (Å²) in [7, 11) is 1.55. The summed E-state index contributed by atoms with van der Waals surface area (Å²) in [6, 6.07) is 8.75. The number of para-hydroxylation sites is 1. The summed E-state index contributed by atoms with van der Waals surface area (Å²) >= 11 is 11.8. The van der Waals surface area contributed by atoms with Gasteiger partial charge in [0.05, 0.1) is 17.2 Å². The summed E-state index contributed by atoms with van der Waals surface area (Å²) in [6.45, 7) is 0.817. The predicted molar refractivity (Wildman–Crippen MR) is 97.8 cm³/mol. The molecule has 0 unspecified atom stereocenters. The topological polar surface area (TPSA) is 76.4 Å². The molecule has 0 bridgehead atoms. The molecule has 0 spiro atoms. The molecule has 6 nitrogen and oxygen atoms in total. The summed E-state index contributed by atoms with van der Waals surface area (Å²) < 4.78 is 10.8. The van der Waals surface area contributed by atoms with E-state index in [1.54, 1.807) is 25.3 Å². The first-order chi connectivity index (χ1) is 12.1. The van der Waals surface area contributed by atoms with Gasteiger partial charge in [0.1, 0.15) is 5.82 Å². The highest BCUT2D eigenvalue weighted by atomic mass is 35.5. The Balaban J connectivity index is 1.57. The van der Waals surface area contributed by atoms with Crippen molar-refractivity contribution < 1.29 is 13.9 Å². The van der Waals surface area contributed by atoms with Crippen molar-refractivity contribution in [2.75, 3.05) is 25.5 Å². The van der Waals surface area contributed by atoms with Gasteiger partial charge >= 0.3 is 0 Å². The van der Waals surface area contributed by atoms with Crippen molar-refractivity contribution in [3.63, 3.8) is 0 Å². The molecular formula is C17H15Cl2N3O3. The molecule has 0 saturated carbocycles. The number of aromatic nitrogens is 1. The molecule has 25 heavy (non-hydrogen) atoms. The predicted octanol–water partition coefficient (Wildman–Crippen LogP) is 3.99. The van der Waals surface area contributed by atoms with E-state index in [-0.39, 0.29) is 11.7 Å². The first-order valence-corrected chi connectivity index (χ1v) is 8.23. The number of furan rings is 1. The van der Waals surface area contributed by atoms with E-state index in [2.05, 4.69) is 15.6 Å². The zero-order valence-corrected chi connectivity index (χ0v) is 14.8. The van der Waals surface area contributed by atoms with Crippen LogP contribution >= 0.6 is 23.2 Å². The number of carbonyl (C=O) groups excluding carboxylic acids is 1. The zero-order valence-electron chi connectivity index (χ0n) is 13.3. The minimum Gasteiger partial charge on any atom is -0.493 e. The van der Waals surface area contributed by atoms with Crippen molar-refractivity contribution in [2.45, 2.75) is 0 Å². The molecule has 3 rings (SSSR count). The number of pyridine rings is 1. The Morgan fingerprint density at radius 1 is 1.28 bits per heavy atom. The Morgan fingerprint density at radius 2 is 2.12 bits per heavy atom. The van der Waals surface area contributed by atoms with Gasteiger partial charge in [-0.15, -0.1) is 0 Å². The SMILES string of the molecule is COc1cccc2cc(C(=O)NCCNc3ncc(Cl)cc3Cl)oc12. The molecule has 0 aliphatic heterocycles. The Labute approximate surface area is 154 Å². The quantitative estimate of drug-likeness (QED) is 0.633. The standard InChI is InChI=1S/C17H15Cl2N3O3/c1-24-13-4-2-3-10-7-14(25-15(10)13)17(23)21-6-5-20-16-12(19)8-11(18)9-22-16/h2-4,7-9H,5-6H2,1H3,(H,20,22)(H,21,23). The van der Waals surface area contributed by atoms with Gasteiger partial charge < -0.3 is 19.8 Å². The fourth-order valence-electron chi connectivity index (χ4n) is 2.30. The Hall–Kier alpha value is -2.44. The third-order valence-corrected chi connectivity index (χ3v) is 3.96. The summed E-state index contributed by atoms with van der Waals surface area (Å²) in [5, 5.41) is 7.48. The molecule has 0 saturated heterocycles. The Morgan fingerprint density at radius 3 is 2.88 bits per heavy atom. The number of fused-ring (bicyclic) bond motifs is 1. The third kappa shape index (κ3) is 3.97. The summed E-state index contributed by atoms with van der Waals surface area (Å²) in [5.41, 5.74) is 0.547. The Bertz CT molecular complexity index is 911. The number of rotatable bonds is 6. The lowest BCUT2D eigenvalue weighted by Crippen LogP contribution is -2.28. The molecular weight excluding hydrogens is 365 g/mol. The highest BCUT2D eigenvalue weighted by Crippen LogP contribution is 2.28. The van der Waals surface area contributed by atoms with E-state index in [0.717, 1.165) is 5.39 Å². The van der Waals surface area contributed by atoms with E-state index < -0.39 is 0 Å². The molecule has 3 aromatic rings. The number of methoxy groups -OCH3 is 1. The maximum atomic E-state index is 12.2. The van der Waals surface area contributed by atoms with Crippen LogP contribution in [0.25, 0.3) is 11.0 Å². The van der Waals surface area contributed by atoms with Crippen molar-refractivity contribution in [1.82, 2.24) is 10.3 Å². The van der Waals surface area contributed by atoms with Gasteiger partial charge in [-0.3, -0.25) is 4.79 Å². The average molecular weight is 380 g/mol. The van der Waals surface area contributed by atoms with Crippen LogP contribution in [0.2, 0.25) is 10.0 Å². The monoisotopic (exact) mass is 379 g/mol. The van der Waals surface area contributed by atoms with E-state index in [9.17, 15) is 4.79 Å². The molecule has 0 fully saturated rings. The molecule has 2 heterocycles. The van der Waals surface area contributed by atoms with Crippen LogP contribution in [-0.4, -0.2) is 31.1 Å². The number of ether oxygens (including phenoxy) is 1. The van der Waals surface area contributed by atoms with E-state index in [1.807, 2.05) is 12.1 Å². The highest BCUT2D eigenvalue weighted by molar-refractivity contribution is 6.35. The maximum Gasteiger partial charge on any atom is 0.287 e. The summed E-state index contributed by atoms with van der Waals surface area (Å²) in [6.07, 6.45) is 1.50. The lowest BCUT2D eigenvalue weighted by molar-refractivity contribution is 0.0929. The van der Waals surface area contributed by atoms with Crippen LogP contribution in [-0.2, 0) is 0 Å². The van der Waals surface area contributed by atoms with Gasteiger partial charge in [0.2, 0.25) is 0 Å². The van der Waals surface area contributed by atoms with Crippen LogP contribution in [0.5, 0.6) is 5.75 Å². The molecule has 0 radical (unpaired) electrons. The van der Waals surface area contributed by atoms with Crippen LogP contribution in [0.4, 0.5) is 5.82 Å². The highest BCUT2D eigenvalue weighted by Gasteiger charge is 2.14. The van der Waals surface area contributed by atoms with Crippen molar-refractivity contribution in [3.8, 4) is 5.75 Å². The van der Waals surface area contributed by atoms with Crippen LogP contribution in [0.3, 0.4) is 0 Å². The molecule has 130 valence electrons. The van der Waals surface area contributed by atoms with Gasteiger partial charge in [-0.25, -0.2) is 4.98 Å². The fraction of sp³-hybridized carbons (Fsp3) is 0.176. The second-order valence-corrected chi connectivity index (χ2v) is 6.00. The van der Waals surface area contributed by atoms with Crippen molar-refractivity contribution in [2.24, 2.45) is 0 Å². The number of nitrogens with zero attached hydrogens (tertiary/aromatic N) is 1. The molecule has 0 atom stereocenters. The second-order valence-electron chi connectivity index (χ2n) is 5.16. The maximum absolute atomic E-state index is 12.2. The van der Waals surface area contributed by atoms with Crippen LogP contribution < -0.4 is 15.4 Å². The summed E-state index contributed by atoms with van der Waals surface area (Å²) in [4.78, 5) is 16.3. The smallest absolute Gasteiger partial charge is 0.287 e. The number of amides is 1. The van der Waals surface area contributed by atoms with Gasteiger partial charge in [0, 0.05) is 24.7 Å². The second kappa shape index (κ2) is 7.63. The Kier molecular flexibility index (Phi) is 5.31. The molecule has 8 heteroatoms. The number of nitrogens with one attached hydrogen (secondary N) is 2. The van der Waals surface area contributed by atoms with E-state index in [0.29, 0.717) is 40.3 Å². The van der Waals surface area contributed by atoms with Gasteiger partial charge in [0.25, 0.3) is 5.91 Å². The molecule has 2 aromatic heterocycles.